The van der Waals surface area contributed by atoms with E-state index in [2.05, 4.69) is 5.32 Å². The van der Waals surface area contributed by atoms with Crippen molar-refractivity contribution in [3.8, 4) is 17.2 Å². The van der Waals surface area contributed by atoms with Crippen LogP contribution in [0.1, 0.15) is 12.5 Å². The molecule has 0 spiro atoms. The number of halogens is 3. The Morgan fingerprint density at radius 2 is 1.79 bits per heavy atom. The molecule has 0 aliphatic carbocycles. The second-order valence-electron chi connectivity index (χ2n) is 6.60. The highest BCUT2D eigenvalue weighted by Crippen LogP contribution is 2.35. The minimum absolute atomic E-state index is 0.0124. The molecule has 6 nitrogen and oxygen atoms in total. The van der Waals surface area contributed by atoms with Crippen molar-refractivity contribution in [3.05, 3.63) is 48.0 Å². The second-order valence-corrected chi connectivity index (χ2v) is 6.60. The molecule has 154 valence electrons. The van der Waals surface area contributed by atoms with Gasteiger partial charge in [-0.15, -0.1) is 0 Å². The summed E-state index contributed by atoms with van der Waals surface area (Å²) in [5, 5.41) is 2.72. The Morgan fingerprint density at radius 3 is 2.41 bits per heavy atom. The Balaban J connectivity index is 1.74. The number of nitrogens with zero attached hydrogens (tertiary/aromatic N) is 1. The van der Waals surface area contributed by atoms with Crippen LogP contribution < -0.4 is 14.8 Å². The Kier molecular flexibility index (Phi) is 5.67. The summed E-state index contributed by atoms with van der Waals surface area (Å²) in [5.41, 5.74) is -0.500. The number of likely N-dealkylation sites (tertiary alicyclic amines) is 1. The molecule has 3 rings (SSSR count). The van der Waals surface area contributed by atoms with Gasteiger partial charge in [0.05, 0.1) is 24.3 Å². The number of nitrogens with one attached hydrogen (secondary N) is 1. The van der Waals surface area contributed by atoms with Crippen molar-refractivity contribution < 1.29 is 32.2 Å². The molecule has 0 bridgehead atoms. The lowest BCUT2D eigenvalue weighted by Crippen LogP contribution is -2.53. The van der Waals surface area contributed by atoms with Crippen LogP contribution in [0.15, 0.2) is 42.5 Å². The second kappa shape index (κ2) is 8.02. The molecular formula is C20H19F3N2O4. The summed E-state index contributed by atoms with van der Waals surface area (Å²) < 4.78 is 49.3. The van der Waals surface area contributed by atoms with Gasteiger partial charge < -0.3 is 19.7 Å². The fraction of sp³-hybridized carbons (Fsp3) is 0.300. The first-order valence-corrected chi connectivity index (χ1v) is 8.77. The summed E-state index contributed by atoms with van der Waals surface area (Å²) in [4.78, 5) is 25.2. The Bertz CT molecular complexity index is 924. The molecule has 0 radical (unpaired) electrons. The largest absolute Gasteiger partial charge is 0.495 e. The number of rotatable bonds is 5. The minimum atomic E-state index is -4.48. The maximum absolute atomic E-state index is 12.9. The van der Waals surface area contributed by atoms with Crippen molar-refractivity contribution >= 4 is 17.5 Å². The lowest BCUT2D eigenvalue weighted by molar-refractivity contribution is -0.139. The lowest BCUT2D eigenvalue weighted by atomic mass is 9.99. The number of amides is 2. The predicted octanol–water partition coefficient (Wildman–Crippen LogP) is 3.92. The smallest absolute Gasteiger partial charge is 0.416 e. The molecular weight excluding hydrogens is 389 g/mol. The molecule has 2 aromatic rings. The number of carbonyl (C=O) groups is 2. The number of hydrogen-bond donors (Lipinski definition) is 1. The highest BCUT2D eigenvalue weighted by molar-refractivity contribution is 5.96. The molecule has 0 unspecified atom stereocenters. The van der Waals surface area contributed by atoms with Gasteiger partial charge in [0, 0.05) is 26.1 Å². The summed E-state index contributed by atoms with van der Waals surface area (Å²) in [7, 11) is 1.43. The van der Waals surface area contributed by atoms with E-state index in [1.54, 1.807) is 11.0 Å². The van der Waals surface area contributed by atoms with Gasteiger partial charge in [0.15, 0.2) is 0 Å². The standard InChI is InChI=1S/C20H19F3N2O4/c1-12(26)25-10-13(11-25)19(27)24-17-9-16(6-7-18(17)28-2)29-15-5-3-4-14(8-15)20(21,22)23/h3-9,13H,10-11H2,1-2H3,(H,24,27). The zero-order chi connectivity index (χ0) is 21.2. The number of anilines is 1. The normalized spacial score (nSPS) is 14.2. The molecule has 9 heteroatoms. The number of hydrogen-bond acceptors (Lipinski definition) is 4. The highest BCUT2D eigenvalue weighted by Gasteiger charge is 2.34. The zero-order valence-corrected chi connectivity index (χ0v) is 15.7. The Morgan fingerprint density at radius 1 is 1.10 bits per heavy atom. The van der Waals surface area contributed by atoms with E-state index >= 15 is 0 Å². The van der Waals surface area contributed by atoms with Gasteiger partial charge in [-0.2, -0.15) is 13.2 Å². The minimum Gasteiger partial charge on any atom is -0.495 e. The average molecular weight is 408 g/mol. The Hall–Kier alpha value is -3.23. The van der Waals surface area contributed by atoms with E-state index in [-0.39, 0.29) is 29.2 Å². The van der Waals surface area contributed by atoms with Crippen LogP contribution in [-0.4, -0.2) is 36.9 Å². The van der Waals surface area contributed by atoms with Crippen molar-refractivity contribution in [1.82, 2.24) is 4.90 Å². The zero-order valence-electron chi connectivity index (χ0n) is 15.7. The molecule has 0 atom stereocenters. The quantitative estimate of drug-likeness (QED) is 0.814. The van der Waals surface area contributed by atoms with Crippen LogP contribution in [0.5, 0.6) is 17.2 Å². The SMILES string of the molecule is COc1ccc(Oc2cccc(C(F)(F)F)c2)cc1NC(=O)C1CN(C(C)=O)C1. The van der Waals surface area contributed by atoms with Crippen molar-refractivity contribution in [1.29, 1.82) is 0 Å². The number of benzene rings is 2. The van der Waals surface area contributed by atoms with Crippen LogP contribution >= 0.6 is 0 Å². The molecule has 2 aromatic carbocycles. The summed E-state index contributed by atoms with van der Waals surface area (Å²) >= 11 is 0. The van der Waals surface area contributed by atoms with E-state index in [4.69, 9.17) is 9.47 Å². The van der Waals surface area contributed by atoms with Crippen molar-refractivity contribution in [2.45, 2.75) is 13.1 Å². The van der Waals surface area contributed by atoms with E-state index in [0.29, 0.717) is 24.5 Å². The van der Waals surface area contributed by atoms with Gasteiger partial charge in [-0.1, -0.05) is 6.07 Å². The molecule has 1 aliphatic heterocycles. The molecule has 0 saturated carbocycles. The monoisotopic (exact) mass is 408 g/mol. The van der Waals surface area contributed by atoms with Crippen LogP contribution in [0.2, 0.25) is 0 Å². The fourth-order valence-corrected chi connectivity index (χ4v) is 2.86. The van der Waals surface area contributed by atoms with Crippen molar-refractivity contribution in [2.75, 3.05) is 25.5 Å². The maximum atomic E-state index is 12.9. The van der Waals surface area contributed by atoms with Crippen LogP contribution in [0.3, 0.4) is 0 Å². The van der Waals surface area contributed by atoms with Gasteiger partial charge in [0.1, 0.15) is 17.2 Å². The first-order valence-electron chi connectivity index (χ1n) is 8.77. The number of methoxy groups -OCH3 is 1. The average Bonchev–Trinajstić information content (AvgIpc) is 2.60. The van der Waals surface area contributed by atoms with Crippen LogP contribution in [-0.2, 0) is 15.8 Å². The molecule has 2 amide bonds. The highest BCUT2D eigenvalue weighted by atomic mass is 19.4. The molecule has 1 N–H and O–H groups in total. The number of alkyl halides is 3. The lowest BCUT2D eigenvalue weighted by Gasteiger charge is -2.37. The van der Waals surface area contributed by atoms with E-state index < -0.39 is 11.7 Å². The van der Waals surface area contributed by atoms with Gasteiger partial charge in [0.2, 0.25) is 11.8 Å². The van der Waals surface area contributed by atoms with E-state index in [9.17, 15) is 22.8 Å². The first kappa shape index (κ1) is 20.5. The molecule has 1 heterocycles. The van der Waals surface area contributed by atoms with Crippen molar-refractivity contribution in [2.24, 2.45) is 5.92 Å². The summed E-state index contributed by atoms with van der Waals surface area (Å²) in [6, 6.07) is 9.04. The molecule has 1 fully saturated rings. The third-order valence-electron chi connectivity index (χ3n) is 4.52. The van der Waals surface area contributed by atoms with Gasteiger partial charge in [0.25, 0.3) is 0 Å². The summed E-state index contributed by atoms with van der Waals surface area (Å²) in [6.07, 6.45) is -4.48. The first-order chi connectivity index (χ1) is 13.7. The van der Waals surface area contributed by atoms with E-state index in [0.717, 1.165) is 12.1 Å². The molecule has 29 heavy (non-hydrogen) atoms. The van der Waals surface area contributed by atoms with Gasteiger partial charge in [-0.25, -0.2) is 0 Å². The topological polar surface area (TPSA) is 67.9 Å². The van der Waals surface area contributed by atoms with E-state index in [1.807, 2.05) is 0 Å². The van der Waals surface area contributed by atoms with E-state index in [1.165, 1.54) is 38.3 Å². The molecule has 1 aliphatic rings. The fourth-order valence-electron chi connectivity index (χ4n) is 2.86. The van der Waals surface area contributed by atoms with Gasteiger partial charge >= 0.3 is 6.18 Å². The van der Waals surface area contributed by atoms with Gasteiger partial charge in [-0.3, -0.25) is 9.59 Å². The predicted molar refractivity (Wildman–Crippen MR) is 98.9 cm³/mol. The number of carbonyl (C=O) groups excluding carboxylic acids is 2. The van der Waals surface area contributed by atoms with Gasteiger partial charge in [-0.05, 0) is 30.3 Å². The molecule has 0 aromatic heterocycles. The van der Waals surface area contributed by atoms with Crippen LogP contribution in [0, 0.1) is 5.92 Å². The van der Waals surface area contributed by atoms with Crippen LogP contribution in [0.4, 0.5) is 18.9 Å². The third-order valence-corrected chi connectivity index (χ3v) is 4.52. The Labute approximate surface area is 165 Å². The maximum Gasteiger partial charge on any atom is 0.416 e. The summed E-state index contributed by atoms with van der Waals surface area (Å²) in [5.74, 6) is -0.0907. The third kappa shape index (κ3) is 4.79. The number of ether oxygens (including phenoxy) is 2. The van der Waals surface area contributed by atoms with Crippen molar-refractivity contribution in [3.63, 3.8) is 0 Å². The summed E-state index contributed by atoms with van der Waals surface area (Å²) in [6.45, 7) is 2.11. The molecule has 1 saturated heterocycles. The van der Waals surface area contributed by atoms with Crippen LogP contribution in [0.25, 0.3) is 0 Å².